The number of piperidine rings is 1. The highest BCUT2D eigenvalue weighted by atomic mass is 16.6. The van der Waals surface area contributed by atoms with E-state index in [1.807, 2.05) is 30.3 Å². The van der Waals surface area contributed by atoms with E-state index in [9.17, 15) is 9.90 Å². The molecule has 0 aliphatic carbocycles. The van der Waals surface area contributed by atoms with Crippen LogP contribution in [0.15, 0.2) is 30.3 Å². The van der Waals surface area contributed by atoms with Gasteiger partial charge < -0.3 is 20.1 Å². The third-order valence-corrected chi connectivity index (χ3v) is 4.71. The van der Waals surface area contributed by atoms with Crippen molar-refractivity contribution < 1.29 is 14.6 Å². The Balaban J connectivity index is 1.42. The molecule has 2 heterocycles. The number of nitrogens with one attached hydrogen (secondary N) is 1. The zero-order valence-corrected chi connectivity index (χ0v) is 12.8. The fraction of sp³-hybridized carbons (Fsp3) is 0.588. The number of benzene rings is 1. The van der Waals surface area contributed by atoms with E-state index in [4.69, 9.17) is 4.74 Å². The molecule has 0 bridgehead atoms. The Morgan fingerprint density at radius 3 is 2.64 bits per heavy atom. The van der Waals surface area contributed by atoms with Crippen molar-refractivity contribution in [3.05, 3.63) is 35.9 Å². The summed E-state index contributed by atoms with van der Waals surface area (Å²) in [5.74, 6) is 0.551. The minimum Gasteiger partial charge on any atom is -0.445 e. The Bertz CT molecular complexity index is 486. The van der Waals surface area contributed by atoms with Crippen molar-refractivity contribution in [1.82, 2.24) is 10.2 Å². The highest BCUT2D eigenvalue weighted by Crippen LogP contribution is 2.26. The number of amides is 1. The maximum absolute atomic E-state index is 12.1. The number of β-amino-alcohol motifs (C(OH)–C–C–N with tert-alkyl or cyclic N) is 1. The van der Waals surface area contributed by atoms with Crippen molar-refractivity contribution in [3.8, 4) is 0 Å². The van der Waals surface area contributed by atoms with Gasteiger partial charge >= 0.3 is 6.09 Å². The topological polar surface area (TPSA) is 61.8 Å². The average molecular weight is 304 g/mol. The van der Waals surface area contributed by atoms with Crippen LogP contribution in [0, 0.1) is 5.92 Å². The molecule has 2 aliphatic heterocycles. The lowest BCUT2D eigenvalue weighted by Crippen LogP contribution is -2.43. The highest BCUT2D eigenvalue weighted by molar-refractivity contribution is 5.67. The molecular formula is C17H24N2O3. The monoisotopic (exact) mass is 304 g/mol. The minimum atomic E-state index is -0.221. The van der Waals surface area contributed by atoms with E-state index in [0.717, 1.165) is 37.9 Å². The molecule has 5 heteroatoms. The van der Waals surface area contributed by atoms with Gasteiger partial charge in [-0.3, -0.25) is 0 Å². The second kappa shape index (κ2) is 7.11. The van der Waals surface area contributed by atoms with Crippen LogP contribution in [-0.4, -0.2) is 47.9 Å². The molecule has 0 aromatic heterocycles. The van der Waals surface area contributed by atoms with Gasteiger partial charge in [-0.15, -0.1) is 0 Å². The van der Waals surface area contributed by atoms with Gasteiger partial charge in [0.25, 0.3) is 0 Å². The van der Waals surface area contributed by atoms with Gasteiger partial charge in [0.15, 0.2) is 0 Å². The second-order valence-electron chi connectivity index (χ2n) is 6.27. The molecule has 1 unspecified atom stereocenters. The first-order chi connectivity index (χ1) is 10.7. The van der Waals surface area contributed by atoms with Crippen molar-refractivity contribution in [2.75, 3.05) is 19.6 Å². The van der Waals surface area contributed by atoms with Crippen LogP contribution in [0.25, 0.3) is 0 Å². The smallest absolute Gasteiger partial charge is 0.410 e. The minimum absolute atomic E-state index is 0.209. The number of carbonyl (C=O) groups excluding carboxylic acids is 1. The molecule has 2 aliphatic rings. The number of rotatable bonds is 3. The Hall–Kier alpha value is -1.59. The fourth-order valence-electron chi connectivity index (χ4n) is 3.40. The van der Waals surface area contributed by atoms with Crippen LogP contribution in [0.2, 0.25) is 0 Å². The predicted octanol–water partition coefficient (Wildman–Crippen LogP) is 1.76. The van der Waals surface area contributed by atoms with Crippen LogP contribution in [0.1, 0.15) is 24.8 Å². The molecule has 0 radical (unpaired) electrons. The van der Waals surface area contributed by atoms with Crippen LogP contribution >= 0.6 is 0 Å². The molecule has 1 aromatic carbocycles. The summed E-state index contributed by atoms with van der Waals surface area (Å²) in [5, 5.41) is 13.0. The lowest BCUT2D eigenvalue weighted by atomic mass is 9.88. The fourth-order valence-corrected chi connectivity index (χ4v) is 3.40. The number of carbonyl (C=O) groups is 1. The summed E-state index contributed by atoms with van der Waals surface area (Å²) in [6, 6.07) is 10.1. The van der Waals surface area contributed by atoms with E-state index in [1.165, 1.54) is 0 Å². The molecule has 120 valence electrons. The summed E-state index contributed by atoms with van der Waals surface area (Å²) in [5.41, 5.74) is 1.01. The maximum atomic E-state index is 12.1. The maximum Gasteiger partial charge on any atom is 0.410 e. The first-order valence-corrected chi connectivity index (χ1v) is 8.09. The molecule has 22 heavy (non-hydrogen) atoms. The number of aliphatic hydroxyl groups excluding tert-OH is 1. The Kier molecular flexibility index (Phi) is 4.95. The average Bonchev–Trinajstić information content (AvgIpc) is 3.00. The quantitative estimate of drug-likeness (QED) is 0.893. The first-order valence-electron chi connectivity index (χ1n) is 8.09. The van der Waals surface area contributed by atoms with Gasteiger partial charge in [0.2, 0.25) is 0 Å². The number of hydrogen-bond donors (Lipinski definition) is 2. The molecule has 0 spiro atoms. The second-order valence-corrected chi connectivity index (χ2v) is 6.27. The summed E-state index contributed by atoms with van der Waals surface area (Å²) >= 11 is 0. The molecule has 1 amide bonds. The molecule has 3 rings (SSSR count). The number of ether oxygens (including phenoxy) is 1. The largest absolute Gasteiger partial charge is 0.445 e. The van der Waals surface area contributed by atoms with Crippen LogP contribution in [0.4, 0.5) is 4.79 Å². The molecule has 2 saturated heterocycles. The molecule has 2 N–H and O–H groups in total. The molecule has 2 atom stereocenters. The van der Waals surface area contributed by atoms with Crippen molar-refractivity contribution in [2.45, 2.75) is 38.0 Å². The zero-order valence-electron chi connectivity index (χ0n) is 12.8. The Morgan fingerprint density at radius 1 is 1.27 bits per heavy atom. The van der Waals surface area contributed by atoms with E-state index in [2.05, 4.69) is 5.32 Å². The van der Waals surface area contributed by atoms with Crippen LogP contribution in [0.3, 0.4) is 0 Å². The summed E-state index contributed by atoms with van der Waals surface area (Å²) in [7, 11) is 0. The number of likely N-dealkylation sites (tertiary alicyclic amines) is 1. The molecule has 2 fully saturated rings. The third-order valence-electron chi connectivity index (χ3n) is 4.71. The third kappa shape index (κ3) is 3.78. The molecular weight excluding hydrogens is 280 g/mol. The van der Waals surface area contributed by atoms with E-state index in [1.54, 1.807) is 4.90 Å². The van der Waals surface area contributed by atoms with E-state index in [0.29, 0.717) is 25.1 Å². The molecule has 0 saturated carbocycles. The van der Waals surface area contributed by atoms with E-state index < -0.39 is 0 Å². The summed E-state index contributed by atoms with van der Waals surface area (Å²) in [6.07, 6.45) is 2.36. The van der Waals surface area contributed by atoms with Crippen molar-refractivity contribution in [1.29, 1.82) is 0 Å². The number of aliphatic hydroxyl groups is 1. The molecule has 5 nitrogen and oxygen atoms in total. The lowest BCUT2D eigenvalue weighted by molar-refractivity contribution is 0.0782. The predicted molar refractivity (Wildman–Crippen MR) is 83.3 cm³/mol. The van der Waals surface area contributed by atoms with Crippen molar-refractivity contribution in [3.63, 3.8) is 0 Å². The van der Waals surface area contributed by atoms with Crippen LogP contribution in [0.5, 0.6) is 0 Å². The first kappa shape index (κ1) is 15.3. The van der Waals surface area contributed by atoms with Crippen molar-refractivity contribution >= 4 is 6.09 Å². The zero-order chi connectivity index (χ0) is 15.4. The van der Waals surface area contributed by atoms with Crippen LogP contribution < -0.4 is 5.32 Å². The standard InChI is InChI=1S/C17H24N2O3/c20-15-10-16(18-11-15)14-6-8-19(9-7-14)17(21)22-12-13-4-2-1-3-5-13/h1-5,14-16,18,20H,6-12H2/t15-,16?/m1/s1. The van der Waals surface area contributed by atoms with Gasteiger partial charge in [-0.05, 0) is 30.7 Å². The SMILES string of the molecule is O=C(OCc1ccccc1)N1CCC(C2C[C@@H](O)CN2)CC1. The number of nitrogens with zero attached hydrogens (tertiary/aromatic N) is 1. The Morgan fingerprint density at radius 2 is 2.00 bits per heavy atom. The van der Waals surface area contributed by atoms with Crippen LogP contribution in [-0.2, 0) is 11.3 Å². The summed E-state index contributed by atoms with van der Waals surface area (Å²) in [4.78, 5) is 13.9. The van der Waals surface area contributed by atoms with Crippen molar-refractivity contribution in [2.24, 2.45) is 5.92 Å². The Labute approximate surface area is 131 Å². The lowest BCUT2D eigenvalue weighted by Gasteiger charge is -2.34. The highest BCUT2D eigenvalue weighted by Gasteiger charge is 2.33. The van der Waals surface area contributed by atoms with Gasteiger partial charge in [-0.2, -0.15) is 0 Å². The van der Waals surface area contributed by atoms with E-state index >= 15 is 0 Å². The van der Waals surface area contributed by atoms with E-state index in [-0.39, 0.29) is 12.2 Å². The number of hydrogen-bond acceptors (Lipinski definition) is 4. The van der Waals surface area contributed by atoms with Gasteiger partial charge in [-0.1, -0.05) is 30.3 Å². The normalized spacial score (nSPS) is 26.1. The summed E-state index contributed by atoms with van der Waals surface area (Å²) in [6.45, 7) is 2.51. The molecule has 1 aromatic rings. The van der Waals surface area contributed by atoms with Gasteiger partial charge in [0.05, 0.1) is 6.10 Å². The van der Waals surface area contributed by atoms with Gasteiger partial charge in [0, 0.05) is 25.7 Å². The van der Waals surface area contributed by atoms with Gasteiger partial charge in [0.1, 0.15) is 6.61 Å². The summed E-state index contributed by atoms with van der Waals surface area (Å²) < 4.78 is 5.38. The van der Waals surface area contributed by atoms with Gasteiger partial charge in [-0.25, -0.2) is 4.79 Å².